The van der Waals surface area contributed by atoms with E-state index in [1.54, 1.807) is 7.11 Å². The molecule has 0 amide bonds. The van der Waals surface area contributed by atoms with E-state index < -0.39 is 0 Å². The Morgan fingerprint density at radius 2 is 1.86 bits per heavy atom. The smallest absolute Gasteiger partial charge is 0.161 e. The number of rotatable bonds is 7. The molecule has 0 heterocycles. The van der Waals surface area contributed by atoms with Gasteiger partial charge >= 0.3 is 0 Å². The summed E-state index contributed by atoms with van der Waals surface area (Å²) in [5.41, 5.74) is 7.39. The number of hydrogen-bond donors (Lipinski definition) is 1. The Kier molecular flexibility index (Phi) is 6.08. The Morgan fingerprint density at radius 1 is 1.10 bits per heavy atom. The Balaban J connectivity index is 1.80. The Bertz CT molecular complexity index is 574. The van der Waals surface area contributed by atoms with E-state index in [9.17, 15) is 0 Å². The van der Waals surface area contributed by atoms with Gasteiger partial charge in [-0.05, 0) is 42.7 Å². The molecule has 0 saturated heterocycles. The van der Waals surface area contributed by atoms with Crippen LogP contribution in [0.5, 0.6) is 11.5 Å². The molecule has 1 atom stereocenters. The highest BCUT2D eigenvalue weighted by Gasteiger charge is 2.07. The van der Waals surface area contributed by atoms with Crippen LogP contribution < -0.4 is 15.2 Å². The highest BCUT2D eigenvalue weighted by atomic mass is 79.9. The van der Waals surface area contributed by atoms with Crippen molar-refractivity contribution in [2.45, 2.75) is 18.9 Å². The van der Waals surface area contributed by atoms with Crippen molar-refractivity contribution in [3.05, 3.63) is 58.6 Å². The Hall–Kier alpha value is -1.52. The molecular weight excluding hydrogens is 330 g/mol. The fraction of sp³-hybridized carbons (Fsp3) is 0.294. The van der Waals surface area contributed by atoms with E-state index in [1.165, 1.54) is 5.56 Å². The van der Waals surface area contributed by atoms with Crippen LogP contribution in [0.25, 0.3) is 0 Å². The number of benzene rings is 2. The number of methoxy groups -OCH3 is 1. The fourth-order valence-electron chi connectivity index (χ4n) is 2.13. The van der Waals surface area contributed by atoms with Crippen molar-refractivity contribution in [3.63, 3.8) is 0 Å². The average molecular weight is 350 g/mol. The quantitative estimate of drug-likeness (QED) is 0.826. The van der Waals surface area contributed by atoms with E-state index in [0.717, 1.165) is 28.8 Å². The zero-order valence-corrected chi connectivity index (χ0v) is 13.7. The third-order valence-electron chi connectivity index (χ3n) is 3.20. The van der Waals surface area contributed by atoms with Gasteiger partial charge in [0.2, 0.25) is 0 Å². The second-order valence-corrected chi connectivity index (χ2v) is 5.80. The van der Waals surface area contributed by atoms with Gasteiger partial charge in [0, 0.05) is 10.5 Å². The van der Waals surface area contributed by atoms with Crippen molar-refractivity contribution in [2.75, 3.05) is 13.7 Å². The summed E-state index contributed by atoms with van der Waals surface area (Å²) < 4.78 is 12.1. The lowest BCUT2D eigenvalue weighted by molar-refractivity contribution is 0.279. The lowest BCUT2D eigenvalue weighted by atomic mass is 10.0. The molecule has 0 aliphatic heterocycles. The van der Waals surface area contributed by atoms with Crippen LogP contribution in [-0.4, -0.2) is 19.8 Å². The molecule has 2 N–H and O–H groups in total. The van der Waals surface area contributed by atoms with Crippen molar-refractivity contribution < 1.29 is 9.47 Å². The van der Waals surface area contributed by atoms with Gasteiger partial charge in [-0.15, -0.1) is 0 Å². The molecule has 0 spiro atoms. The topological polar surface area (TPSA) is 44.5 Å². The van der Waals surface area contributed by atoms with Gasteiger partial charge in [0.1, 0.15) is 0 Å². The summed E-state index contributed by atoms with van der Waals surface area (Å²) >= 11 is 3.47. The van der Waals surface area contributed by atoms with E-state index in [1.807, 2.05) is 36.4 Å². The fourth-order valence-corrected chi connectivity index (χ4v) is 2.57. The molecule has 2 aromatic carbocycles. The SMILES string of the molecule is COc1ccccc1OCCC(N)Cc1cccc(Br)c1. The summed E-state index contributed by atoms with van der Waals surface area (Å²) in [5, 5.41) is 0. The van der Waals surface area contributed by atoms with Crippen LogP contribution >= 0.6 is 15.9 Å². The van der Waals surface area contributed by atoms with Crippen molar-refractivity contribution in [2.24, 2.45) is 5.73 Å². The van der Waals surface area contributed by atoms with Gasteiger partial charge in [-0.1, -0.05) is 40.2 Å². The normalized spacial score (nSPS) is 12.0. The molecule has 0 aliphatic rings. The molecule has 2 rings (SSSR count). The minimum absolute atomic E-state index is 0.0778. The molecule has 21 heavy (non-hydrogen) atoms. The lowest BCUT2D eigenvalue weighted by Crippen LogP contribution is -2.25. The van der Waals surface area contributed by atoms with Crippen molar-refractivity contribution in [3.8, 4) is 11.5 Å². The van der Waals surface area contributed by atoms with Crippen molar-refractivity contribution in [1.82, 2.24) is 0 Å². The van der Waals surface area contributed by atoms with E-state index in [4.69, 9.17) is 15.2 Å². The second-order valence-electron chi connectivity index (χ2n) is 4.88. The number of ether oxygens (including phenoxy) is 2. The standard InChI is InChI=1S/C17H20BrNO2/c1-20-16-7-2-3-8-17(16)21-10-9-15(19)12-13-5-4-6-14(18)11-13/h2-8,11,15H,9-10,12,19H2,1H3. The predicted molar refractivity (Wildman–Crippen MR) is 88.9 cm³/mol. The third kappa shape index (κ3) is 5.06. The minimum Gasteiger partial charge on any atom is -0.493 e. The van der Waals surface area contributed by atoms with Crippen LogP contribution in [0.15, 0.2) is 53.0 Å². The molecule has 0 fully saturated rings. The Morgan fingerprint density at radius 3 is 2.57 bits per heavy atom. The van der Waals surface area contributed by atoms with E-state index in [2.05, 4.69) is 28.1 Å². The summed E-state index contributed by atoms with van der Waals surface area (Å²) in [5.74, 6) is 1.51. The maximum Gasteiger partial charge on any atom is 0.161 e. The molecular formula is C17H20BrNO2. The molecule has 1 unspecified atom stereocenters. The van der Waals surface area contributed by atoms with Crippen molar-refractivity contribution in [1.29, 1.82) is 0 Å². The molecule has 0 aliphatic carbocycles. The van der Waals surface area contributed by atoms with Gasteiger partial charge in [-0.25, -0.2) is 0 Å². The first-order valence-corrected chi connectivity index (χ1v) is 7.74. The van der Waals surface area contributed by atoms with Crippen LogP contribution in [-0.2, 0) is 6.42 Å². The van der Waals surface area contributed by atoms with Crippen molar-refractivity contribution >= 4 is 15.9 Å². The summed E-state index contributed by atoms with van der Waals surface area (Å²) in [4.78, 5) is 0. The van der Waals surface area contributed by atoms with Crippen LogP contribution in [0.1, 0.15) is 12.0 Å². The maximum absolute atomic E-state index is 6.16. The Labute approximate surface area is 134 Å². The lowest BCUT2D eigenvalue weighted by Gasteiger charge is -2.14. The zero-order valence-electron chi connectivity index (χ0n) is 12.1. The first kappa shape index (κ1) is 15.9. The van der Waals surface area contributed by atoms with Crippen LogP contribution in [0.3, 0.4) is 0 Å². The van der Waals surface area contributed by atoms with E-state index >= 15 is 0 Å². The molecule has 0 aromatic heterocycles. The molecule has 0 saturated carbocycles. The summed E-state index contributed by atoms with van der Waals surface area (Å²) in [7, 11) is 1.64. The second kappa shape index (κ2) is 8.05. The first-order chi connectivity index (χ1) is 10.2. The number of hydrogen-bond acceptors (Lipinski definition) is 3. The highest BCUT2D eigenvalue weighted by molar-refractivity contribution is 9.10. The van der Waals surface area contributed by atoms with Gasteiger partial charge in [0.25, 0.3) is 0 Å². The average Bonchev–Trinajstić information content (AvgIpc) is 2.47. The molecule has 0 bridgehead atoms. The summed E-state index contributed by atoms with van der Waals surface area (Å²) in [6.45, 7) is 0.579. The molecule has 4 heteroatoms. The van der Waals surface area contributed by atoms with Gasteiger partial charge in [-0.3, -0.25) is 0 Å². The monoisotopic (exact) mass is 349 g/mol. The highest BCUT2D eigenvalue weighted by Crippen LogP contribution is 2.25. The molecule has 0 radical (unpaired) electrons. The number of halogens is 1. The van der Waals surface area contributed by atoms with Gasteiger partial charge in [-0.2, -0.15) is 0 Å². The van der Waals surface area contributed by atoms with E-state index in [0.29, 0.717) is 6.61 Å². The van der Waals surface area contributed by atoms with Gasteiger partial charge in [0.05, 0.1) is 13.7 Å². The zero-order chi connectivity index (χ0) is 15.1. The summed E-state index contributed by atoms with van der Waals surface area (Å²) in [6, 6.07) is 15.9. The number of para-hydroxylation sites is 2. The van der Waals surface area contributed by atoms with E-state index in [-0.39, 0.29) is 6.04 Å². The van der Waals surface area contributed by atoms with Gasteiger partial charge < -0.3 is 15.2 Å². The summed E-state index contributed by atoms with van der Waals surface area (Å²) in [6.07, 6.45) is 1.64. The molecule has 112 valence electrons. The largest absolute Gasteiger partial charge is 0.493 e. The maximum atomic E-state index is 6.16. The van der Waals surface area contributed by atoms with Crippen LogP contribution in [0.4, 0.5) is 0 Å². The molecule has 2 aromatic rings. The van der Waals surface area contributed by atoms with Gasteiger partial charge in [0.15, 0.2) is 11.5 Å². The first-order valence-electron chi connectivity index (χ1n) is 6.95. The van der Waals surface area contributed by atoms with Crippen LogP contribution in [0.2, 0.25) is 0 Å². The molecule has 3 nitrogen and oxygen atoms in total. The third-order valence-corrected chi connectivity index (χ3v) is 3.70. The number of nitrogens with two attached hydrogens (primary N) is 1. The predicted octanol–water partition coefficient (Wildman–Crippen LogP) is 3.80. The minimum atomic E-state index is 0.0778. The van der Waals surface area contributed by atoms with Crippen LogP contribution in [0, 0.1) is 0 Å².